The van der Waals surface area contributed by atoms with Crippen LogP contribution in [-0.2, 0) is 26.2 Å². The molecular formula is C31H38ClN3O4S. The minimum Gasteiger partial charge on any atom is -0.354 e. The molecule has 0 unspecified atom stereocenters. The number of carbonyl (C=O) groups excluding carboxylic acids is 2. The van der Waals surface area contributed by atoms with Crippen molar-refractivity contribution in [2.24, 2.45) is 5.92 Å². The SMILES string of the molecule is CC[C@@H](C(=O)NCC(C)C)N(Cc1ccc(Cl)cc1)C(=O)CN(c1cccc(C)c1)S(=O)(=O)c1ccc(C)cc1. The first-order chi connectivity index (χ1) is 18.9. The van der Waals surface area contributed by atoms with Crippen molar-refractivity contribution in [3.63, 3.8) is 0 Å². The van der Waals surface area contributed by atoms with Crippen molar-refractivity contribution in [1.29, 1.82) is 0 Å². The predicted octanol–water partition coefficient (Wildman–Crippen LogP) is 5.73. The fourth-order valence-corrected chi connectivity index (χ4v) is 5.81. The van der Waals surface area contributed by atoms with E-state index >= 15 is 0 Å². The summed E-state index contributed by atoms with van der Waals surface area (Å²) in [7, 11) is -4.10. The van der Waals surface area contributed by atoms with E-state index < -0.39 is 28.5 Å². The Kier molecular flexibility index (Phi) is 10.8. The van der Waals surface area contributed by atoms with Gasteiger partial charge in [-0.05, 0) is 73.7 Å². The van der Waals surface area contributed by atoms with Crippen LogP contribution in [0.2, 0.25) is 5.02 Å². The lowest BCUT2D eigenvalue weighted by Crippen LogP contribution is -2.52. The smallest absolute Gasteiger partial charge is 0.264 e. The molecule has 7 nitrogen and oxygen atoms in total. The van der Waals surface area contributed by atoms with Crippen LogP contribution in [0.15, 0.2) is 77.7 Å². The van der Waals surface area contributed by atoms with Gasteiger partial charge in [-0.2, -0.15) is 0 Å². The maximum Gasteiger partial charge on any atom is 0.264 e. The standard InChI is InChI=1S/C31H38ClN3O4S/c1-6-29(31(37)33-19-22(2)3)34(20-25-12-14-26(32)15-13-25)30(36)21-35(27-9-7-8-24(5)18-27)40(38,39)28-16-10-23(4)11-17-28/h7-18,22,29H,6,19-21H2,1-5H3,(H,33,37)/t29-/m0/s1. The fraction of sp³-hybridized carbons (Fsp3) is 0.355. The third-order valence-corrected chi connectivity index (χ3v) is 8.55. The van der Waals surface area contributed by atoms with Crippen LogP contribution in [0.3, 0.4) is 0 Å². The summed E-state index contributed by atoms with van der Waals surface area (Å²) in [5.74, 6) is -0.529. The molecule has 0 radical (unpaired) electrons. The molecule has 3 aromatic carbocycles. The highest BCUT2D eigenvalue weighted by Gasteiger charge is 2.33. The lowest BCUT2D eigenvalue weighted by atomic mass is 10.1. The minimum absolute atomic E-state index is 0.0818. The van der Waals surface area contributed by atoms with E-state index in [9.17, 15) is 18.0 Å². The largest absolute Gasteiger partial charge is 0.354 e. The number of benzene rings is 3. The molecule has 0 spiro atoms. The molecule has 0 fully saturated rings. The second-order valence-corrected chi connectivity index (χ2v) is 12.7. The number of sulfonamides is 1. The van der Waals surface area contributed by atoms with Gasteiger partial charge in [-0.25, -0.2) is 8.42 Å². The molecule has 0 aliphatic rings. The molecule has 3 aromatic rings. The van der Waals surface area contributed by atoms with Crippen molar-refractivity contribution in [3.05, 3.63) is 94.5 Å². The maximum absolute atomic E-state index is 14.1. The highest BCUT2D eigenvalue weighted by Crippen LogP contribution is 2.26. The van der Waals surface area contributed by atoms with Crippen molar-refractivity contribution in [2.75, 3.05) is 17.4 Å². The van der Waals surface area contributed by atoms with E-state index in [1.807, 2.05) is 40.7 Å². The van der Waals surface area contributed by atoms with Crippen LogP contribution < -0.4 is 9.62 Å². The monoisotopic (exact) mass is 583 g/mol. The van der Waals surface area contributed by atoms with Crippen LogP contribution in [-0.4, -0.2) is 44.3 Å². The van der Waals surface area contributed by atoms with E-state index in [4.69, 9.17) is 11.6 Å². The molecule has 0 aromatic heterocycles. The summed E-state index contributed by atoms with van der Waals surface area (Å²) in [5, 5.41) is 3.49. The average Bonchev–Trinajstić information content (AvgIpc) is 2.91. The number of nitrogens with zero attached hydrogens (tertiary/aromatic N) is 2. The number of hydrogen-bond acceptors (Lipinski definition) is 4. The molecule has 2 amide bonds. The van der Waals surface area contributed by atoms with E-state index in [2.05, 4.69) is 5.32 Å². The maximum atomic E-state index is 14.1. The molecular weight excluding hydrogens is 546 g/mol. The zero-order valence-electron chi connectivity index (χ0n) is 23.7. The zero-order chi connectivity index (χ0) is 29.4. The fourth-order valence-electron chi connectivity index (χ4n) is 4.28. The van der Waals surface area contributed by atoms with Gasteiger partial charge < -0.3 is 10.2 Å². The molecule has 3 rings (SSSR count). The van der Waals surface area contributed by atoms with Gasteiger partial charge in [0.2, 0.25) is 11.8 Å². The molecule has 1 N–H and O–H groups in total. The first-order valence-electron chi connectivity index (χ1n) is 13.4. The van der Waals surface area contributed by atoms with E-state index in [1.165, 1.54) is 17.0 Å². The molecule has 1 atom stereocenters. The summed E-state index contributed by atoms with van der Waals surface area (Å²) in [6.07, 6.45) is 0.360. The van der Waals surface area contributed by atoms with Crippen LogP contribution in [0.1, 0.15) is 43.9 Å². The second kappa shape index (κ2) is 13.8. The van der Waals surface area contributed by atoms with E-state index in [0.29, 0.717) is 23.7 Å². The molecule has 214 valence electrons. The van der Waals surface area contributed by atoms with Gasteiger partial charge in [0.25, 0.3) is 10.0 Å². The number of rotatable bonds is 12. The lowest BCUT2D eigenvalue weighted by Gasteiger charge is -2.33. The summed E-state index contributed by atoms with van der Waals surface area (Å²) in [5.41, 5.74) is 2.92. The molecule has 0 aliphatic carbocycles. The number of amides is 2. The first kappa shape index (κ1) is 31.2. The third-order valence-electron chi connectivity index (χ3n) is 6.51. The number of hydrogen-bond donors (Lipinski definition) is 1. The van der Waals surface area contributed by atoms with Gasteiger partial charge in [0, 0.05) is 18.1 Å². The molecule has 0 bridgehead atoms. The van der Waals surface area contributed by atoms with E-state index in [0.717, 1.165) is 21.0 Å². The van der Waals surface area contributed by atoms with E-state index in [1.54, 1.807) is 54.6 Å². The second-order valence-electron chi connectivity index (χ2n) is 10.4. The quantitative estimate of drug-likeness (QED) is 0.295. The van der Waals surface area contributed by atoms with Gasteiger partial charge in [-0.1, -0.05) is 74.3 Å². The number of carbonyl (C=O) groups is 2. The Morgan fingerprint density at radius 2 is 1.57 bits per heavy atom. The van der Waals surface area contributed by atoms with Crippen molar-refractivity contribution in [3.8, 4) is 0 Å². The molecule has 0 aliphatic heterocycles. The summed E-state index contributed by atoms with van der Waals surface area (Å²) in [6.45, 7) is 9.68. The van der Waals surface area contributed by atoms with E-state index in [-0.39, 0.29) is 23.3 Å². The zero-order valence-corrected chi connectivity index (χ0v) is 25.3. The number of halogens is 1. The molecule has 9 heteroatoms. The topological polar surface area (TPSA) is 86.8 Å². The Bertz CT molecular complexity index is 1410. The lowest BCUT2D eigenvalue weighted by molar-refractivity contribution is -0.140. The van der Waals surface area contributed by atoms with Crippen molar-refractivity contribution < 1.29 is 18.0 Å². The molecule has 0 saturated heterocycles. The van der Waals surface area contributed by atoms with Crippen molar-refractivity contribution >= 4 is 39.1 Å². The Morgan fingerprint density at radius 1 is 0.925 bits per heavy atom. The Balaban J connectivity index is 2.04. The van der Waals surface area contributed by atoms with Gasteiger partial charge in [0.1, 0.15) is 12.6 Å². The van der Waals surface area contributed by atoms with Crippen LogP contribution >= 0.6 is 11.6 Å². The van der Waals surface area contributed by atoms with Crippen molar-refractivity contribution in [2.45, 2.75) is 58.5 Å². The molecule has 0 heterocycles. The van der Waals surface area contributed by atoms with Gasteiger partial charge in [-0.3, -0.25) is 13.9 Å². The van der Waals surface area contributed by atoms with Gasteiger partial charge >= 0.3 is 0 Å². The van der Waals surface area contributed by atoms with Crippen LogP contribution in [0.25, 0.3) is 0 Å². The molecule has 40 heavy (non-hydrogen) atoms. The minimum atomic E-state index is -4.10. The third kappa shape index (κ3) is 8.08. The average molecular weight is 584 g/mol. The number of aryl methyl sites for hydroxylation is 2. The van der Waals surface area contributed by atoms with Gasteiger partial charge in [0.15, 0.2) is 0 Å². The summed E-state index contributed by atoms with van der Waals surface area (Å²) in [6, 6.07) is 19.8. The summed E-state index contributed by atoms with van der Waals surface area (Å²) in [4.78, 5) is 28.9. The van der Waals surface area contributed by atoms with Crippen LogP contribution in [0.5, 0.6) is 0 Å². The Labute approximate surface area is 243 Å². The highest BCUT2D eigenvalue weighted by molar-refractivity contribution is 7.92. The van der Waals surface area contributed by atoms with Gasteiger partial charge in [0.05, 0.1) is 10.6 Å². The molecule has 0 saturated carbocycles. The summed E-state index contributed by atoms with van der Waals surface area (Å²) >= 11 is 6.07. The van der Waals surface area contributed by atoms with Crippen LogP contribution in [0.4, 0.5) is 5.69 Å². The number of anilines is 1. The highest BCUT2D eigenvalue weighted by atomic mass is 35.5. The Hall–Kier alpha value is -3.36. The normalized spacial score (nSPS) is 12.2. The number of nitrogens with one attached hydrogen (secondary N) is 1. The Morgan fingerprint density at radius 3 is 2.15 bits per heavy atom. The van der Waals surface area contributed by atoms with Crippen molar-refractivity contribution in [1.82, 2.24) is 10.2 Å². The van der Waals surface area contributed by atoms with Crippen LogP contribution in [0, 0.1) is 19.8 Å². The van der Waals surface area contributed by atoms with Gasteiger partial charge in [-0.15, -0.1) is 0 Å². The predicted molar refractivity (Wildman–Crippen MR) is 161 cm³/mol. The first-order valence-corrected chi connectivity index (χ1v) is 15.2. The summed E-state index contributed by atoms with van der Waals surface area (Å²) < 4.78 is 29.0.